The lowest BCUT2D eigenvalue weighted by atomic mass is 9.78. The summed E-state index contributed by atoms with van der Waals surface area (Å²) in [6, 6.07) is 71.7. The summed E-state index contributed by atoms with van der Waals surface area (Å²) < 4.78 is 4.65. The van der Waals surface area contributed by atoms with Crippen molar-refractivity contribution in [1.29, 1.82) is 0 Å². The van der Waals surface area contributed by atoms with Gasteiger partial charge in [0, 0.05) is 55.5 Å². The van der Waals surface area contributed by atoms with Gasteiger partial charge < -0.3 is 4.98 Å². The van der Waals surface area contributed by atoms with Crippen molar-refractivity contribution in [1.82, 2.24) is 24.1 Å². The Bertz CT molecular complexity index is 3650. The van der Waals surface area contributed by atoms with Crippen molar-refractivity contribution in [3.63, 3.8) is 0 Å². The Hall–Kier alpha value is -8.02. The number of hydrogen-bond acceptors (Lipinski definition) is 2. The molecular weight excluding hydrogens is 755 g/mol. The number of hydrogen-bond donors (Lipinski definition) is 1. The highest BCUT2D eigenvalue weighted by Gasteiger charge is 2.25. The number of aromatic amines is 1. The van der Waals surface area contributed by atoms with Gasteiger partial charge in [-0.05, 0) is 88.5 Å². The van der Waals surface area contributed by atoms with Crippen molar-refractivity contribution in [2.24, 2.45) is 0 Å². The number of para-hydroxylation sites is 4. The summed E-state index contributed by atoms with van der Waals surface area (Å²) >= 11 is 0. The van der Waals surface area contributed by atoms with Crippen LogP contribution in [0.5, 0.6) is 0 Å². The van der Waals surface area contributed by atoms with E-state index < -0.39 is 0 Å². The highest BCUT2D eigenvalue weighted by Crippen LogP contribution is 2.42. The third kappa shape index (κ3) is 5.62. The average molecular weight is 796 g/mol. The first-order chi connectivity index (χ1) is 30.5. The molecule has 4 aromatic heterocycles. The number of imidazole rings is 1. The second kappa shape index (κ2) is 14.0. The number of H-pyrrole nitrogens is 1. The molecule has 0 radical (unpaired) electrons. The molecule has 8 aromatic carbocycles. The van der Waals surface area contributed by atoms with Crippen LogP contribution in [0.4, 0.5) is 0 Å². The molecule has 0 aliphatic carbocycles. The monoisotopic (exact) mass is 795 g/mol. The van der Waals surface area contributed by atoms with Crippen molar-refractivity contribution in [2.45, 2.75) is 19.3 Å². The van der Waals surface area contributed by atoms with Crippen LogP contribution in [0.15, 0.2) is 206 Å². The Balaban J connectivity index is 1.10. The van der Waals surface area contributed by atoms with Crippen LogP contribution in [-0.4, -0.2) is 24.1 Å². The van der Waals surface area contributed by atoms with Gasteiger partial charge in [-0.3, -0.25) is 9.13 Å². The van der Waals surface area contributed by atoms with E-state index in [2.05, 4.69) is 228 Å². The molecule has 0 unspecified atom stereocenters. The number of rotatable bonds is 7. The molecule has 5 nitrogen and oxygen atoms in total. The molecule has 0 saturated heterocycles. The lowest BCUT2D eigenvalue weighted by Crippen LogP contribution is -2.19. The van der Waals surface area contributed by atoms with Gasteiger partial charge in [0.05, 0.1) is 27.6 Å². The van der Waals surface area contributed by atoms with E-state index in [1.807, 2.05) is 6.20 Å². The quantitative estimate of drug-likeness (QED) is 0.175. The molecule has 0 bridgehead atoms. The molecule has 0 saturated carbocycles. The highest BCUT2D eigenvalue weighted by molar-refractivity contribution is 6.13. The SMILES string of the molecule is CC(C)(c1ccccc1)c1ccnc(-n2c3ccc(-c4ccccc4)cc3c3ccc(-c4cccc5c4nc(-c4cccc6c4[nH]c4ccccc46)n5-c4ccccc4)cc32)c1. The minimum atomic E-state index is -0.231. The average Bonchev–Trinajstić information content (AvgIpc) is 4.02. The molecule has 0 fully saturated rings. The van der Waals surface area contributed by atoms with Crippen LogP contribution in [0.3, 0.4) is 0 Å². The fraction of sp³-hybridized carbons (Fsp3) is 0.0526. The molecule has 62 heavy (non-hydrogen) atoms. The first kappa shape index (κ1) is 35.9. The molecule has 0 aliphatic rings. The maximum absolute atomic E-state index is 5.60. The zero-order valence-electron chi connectivity index (χ0n) is 34.4. The third-order valence-corrected chi connectivity index (χ3v) is 12.9. The van der Waals surface area contributed by atoms with Crippen LogP contribution >= 0.6 is 0 Å². The number of nitrogens with one attached hydrogen (secondary N) is 1. The Morgan fingerprint density at radius 3 is 2.00 bits per heavy atom. The van der Waals surface area contributed by atoms with Crippen LogP contribution in [0, 0.1) is 0 Å². The molecule has 0 amide bonds. The van der Waals surface area contributed by atoms with Crippen LogP contribution in [0.25, 0.3) is 99.8 Å². The molecule has 5 heteroatoms. The van der Waals surface area contributed by atoms with E-state index in [4.69, 9.17) is 9.97 Å². The minimum absolute atomic E-state index is 0.231. The van der Waals surface area contributed by atoms with E-state index in [1.54, 1.807) is 0 Å². The molecular formula is C57H41N5. The summed E-state index contributed by atoms with van der Waals surface area (Å²) in [7, 11) is 0. The maximum atomic E-state index is 5.60. The topological polar surface area (TPSA) is 51.4 Å². The lowest BCUT2D eigenvalue weighted by molar-refractivity contribution is 0.639. The summed E-state index contributed by atoms with van der Waals surface area (Å²) in [4.78, 5) is 14.4. The van der Waals surface area contributed by atoms with E-state index in [1.165, 1.54) is 43.8 Å². The van der Waals surface area contributed by atoms with Gasteiger partial charge in [-0.2, -0.15) is 0 Å². The van der Waals surface area contributed by atoms with E-state index in [0.29, 0.717) is 0 Å². The standard InChI is InChI=1S/C57H41N5/c1-57(2,40-18-8-4-9-19-40)41-32-33-58-53(36-41)62-50-31-29-38(37-16-6-3-7-17-37)34-48(50)45-30-28-39(35-52(45)62)43-23-15-27-51-55(43)60-56(61(51)42-20-10-5-11-21-42)47-25-14-24-46-44-22-12-13-26-49(44)59-54(46)47/h3-36,59H,1-2H3. The zero-order chi connectivity index (χ0) is 41.4. The zero-order valence-corrected chi connectivity index (χ0v) is 34.4. The van der Waals surface area contributed by atoms with E-state index >= 15 is 0 Å². The van der Waals surface area contributed by atoms with E-state index in [0.717, 1.165) is 67.1 Å². The van der Waals surface area contributed by atoms with Gasteiger partial charge in [0.25, 0.3) is 0 Å². The Labute approximate surface area is 359 Å². The summed E-state index contributed by atoms with van der Waals surface area (Å²) in [6.45, 7) is 4.58. The molecule has 294 valence electrons. The van der Waals surface area contributed by atoms with Crippen molar-refractivity contribution >= 4 is 54.6 Å². The fourth-order valence-electron chi connectivity index (χ4n) is 9.61. The van der Waals surface area contributed by atoms with Crippen LogP contribution < -0.4 is 0 Å². The van der Waals surface area contributed by atoms with Crippen LogP contribution in [-0.2, 0) is 5.41 Å². The van der Waals surface area contributed by atoms with Gasteiger partial charge in [-0.25, -0.2) is 9.97 Å². The highest BCUT2D eigenvalue weighted by atomic mass is 15.1. The van der Waals surface area contributed by atoms with E-state index in [9.17, 15) is 0 Å². The van der Waals surface area contributed by atoms with Gasteiger partial charge in [-0.15, -0.1) is 0 Å². The Morgan fingerprint density at radius 2 is 1.16 bits per heavy atom. The predicted octanol–water partition coefficient (Wildman–Crippen LogP) is 14.5. The maximum Gasteiger partial charge on any atom is 0.147 e. The number of fused-ring (bicyclic) bond motifs is 7. The van der Waals surface area contributed by atoms with Gasteiger partial charge in [-0.1, -0.05) is 153 Å². The van der Waals surface area contributed by atoms with Gasteiger partial charge in [0.1, 0.15) is 11.6 Å². The largest absolute Gasteiger partial charge is 0.354 e. The summed E-state index contributed by atoms with van der Waals surface area (Å²) in [5.41, 5.74) is 15.3. The number of benzene rings is 8. The molecule has 0 spiro atoms. The first-order valence-corrected chi connectivity index (χ1v) is 21.2. The van der Waals surface area contributed by atoms with Crippen molar-refractivity contribution < 1.29 is 0 Å². The smallest absolute Gasteiger partial charge is 0.147 e. The van der Waals surface area contributed by atoms with Gasteiger partial charge in [0.15, 0.2) is 0 Å². The summed E-state index contributed by atoms with van der Waals surface area (Å²) in [5.74, 6) is 1.78. The van der Waals surface area contributed by atoms with Gasteiger partial charge >= 0.3 is 0 Å². The number of aromatic nitrogens is 5. The Morgan fingerprint density at radius 1 is 0.452 bits per heavy atom. The third-order valence-electron chi connectivity index (χ3n) is 12.9. The van der Waals surface area contributed by atoms with Crippen molar-refractivity contribution in [3.05, 3.63) is 218 Å². The van der Waals surface area contributed by atoms with Crippen molar-refractivity contribution in [2.75, 3.05) is 0 Å². The number of nitrogens with zero attached hydrogens (tertiary/aromatic N) is 4. The first-order valence-electron chi connectivity index (χ1n) is 21.2. The van der Waals surface area contributed by atoms with E-state index in [-0.39, 0.29) is 5.41 Å². The molecule has 4 heterocycles. The summed E-state index contributed by atoms with van der Waals surface area (Å²) in [6.07, 6.45) is 1.96. The molecule has 12 rings (SSSR count). The summed E-state index contributed by atoms with van der Waals surface area (Å²) in [5, 5.41) is 4.74. The molecule has 1 N–H and O–H groups in total. The number of pyridine rings is 1. The fourth-order valence-corrected chi connectivity index (χ4v) is 9.61. The second-order valence-electron chi connectivity index (χ2n) is 16.7. The predicted molar refractivity (Wildman–Crippen MR) is 257 cm³/mol. The van der Waals surface area contributed by atoms with Crippen LogP contribution in [0.1, 0.15) is 25.0 Å². The lowest BCUT2D eigenvalue weighted by Gasteiger charge is -2.26. The molecule has 0 atom stereocenters. The second-order valence-corrected chi connectivity index (χ2v) is 16.7. The Kier molecular flexibility index (Phi) is 8.12. The minimum Gasteiger partial charge on any atom is -0.354 e. The van der Waals surface area contributed by atoms with Crippen LogP contribution in [0.2, 0.25) is 0 Å². The van der Waals surface area contributed by atoms with Gasteiger partial charge in [0.2, 0.25) is 0 Å². The normalized spacial score (nSPS) is 12.0. The van der Waals surface area contributed by atoms with Crippen molar-refractivity contribution in [3.8, 4) is 45.1 Å². The molecule has 12 aromatic rings. The molecule has 0 aliphatic heterocycles.